The molecule has 0 saturated heterocycles. The monoisotopic (exact) mass is 248 g/mol. The lowest BCUT2D eigenvalue weighted by molar-refractivity contribution is 0.250. The number of nitrogens with two attached hydrogens (primary N) is 1. The summed E-state index contributed by atoms with van der Waals surface area (Å²) in [4.78, 5) is 2.59. The summed E-state index contributed by atoms with van der Waals surface area (Å²) in [6, 6.07) is 6.94. The molecule has 0 atom stereocenters. The van der Waals surface area contributed by atoms with Crippen molar-refractivity contribution in [2.24, 2.45) is 0 Å². The minimum atomic E-state index is 0.737. The van der Waals surface area contributed by atoms with Gasteiger partial charge in [0.1, 0.15) is 5.75 Å². The maximum absolute atomic E-state index is 5.96. The summed E-state index contributed by atoms with van der Waals surface area (Å²) < 4.78 is 5.19. The Kier molecular flexibility index (Phi) is 4.48. The van der Waals surface area contributed by atoms with Crippen molar-refractivity contribution in [3.63, 3.8) is 0 Å². The number of ether oxygens (including phenoxy) is 1. The number of rotatable bonds is 7. The van der Waals surface area contributed by atoms with Gasteiger partial charge in [-0.3, -0.25) is 4.90 Å². The van der Waals surface area contributed by atoms with Crippen molar-refractivity contribution in [3.05, 3.63) is 23.8 Å². The van der Waals surface area contributed by atoms with Gasteiger partial charge in [0.25, 0.3) is 0 Å². The second kappa shape index (κ2) is 6.10. The number of hydrogen-bond acceptors (Lipinski definition) is 3. The van der Waals surface area contributed by atoms with Gasteiger partial charge in [-0.25, -0.2) is 0 Å². The standard InChI is InChI=1S/C15H24N2O/c1-3-4-9-17(13-6-7-13)11-12-5-8-15(18-2)14(16)10-12/h5,8,10,13H,3-4,6-7,9,11,16H2,1-2H3. The third-order valence-electron chi connectivity index (χ3n) is 3.54. The van der Waals surface area contributed by atoms with E-state index in [0.29, 0.717) is 0 Å². The van der Waals surface area contributed by atoms with Gasteiger partial charge in [0.15, 0.2) is 0 Å². The molecule has 0 spiro atoms. The van der Waals surface area contributed by atoms with Crippen molar-refractivity contribution < 1.29 is 4.74 Å². The van der Waals surface area contributed by atoms with Gasteiger partial charge in [-0.05, 0) is 43.5 Å². The highest BCUT2D eigenvalue weighted by Gasteiger charge is 2.28. The highest BCUT2D eigenvalue weighted by molar-refractivity contribution is 5.54. The first kappa shape index (κ1) is 13.2. The van der Waals surface area contributed by atoms with Gasteiger partial charge < -0.3 is 10.5 Å². The van der Waals surface area contributed by atoms with E-state index in [1.54, 1.807) is 7.11 Å². The molecule has 1 saturated carbocycles. The van der Waals surface area contributed by atoms with Crippen LogP contribution in [0.3, 0.4) is 0 Å². The van der Waals surface area contributed by atoms with Crippen LogP contribution in [0.5, 0.6) is 5.75 Å². The van der Waals surface area contributed by atoms with Crippen molar-refractivity contribution in [1.82, 2.24) is 4.90 Å². The molecule has 2 rings (SSSR count). The Hall–Kier alpha value is -1.22. The smallest absolute Gasteiger partial charge is 0.141 e. The Morgan fingerprint density at radius 3 is 2.72 bits per heavy atom. The van der Waals surface area contributed by atoms with E-state index >= 15 is 0 Å². The van der Waals surface area contributed by atoms with Crippen LogP contribution in [0.1, 0.15) is 38.2 Å². The van der Waals surface area contributed by atoms with Crippen LogP contribution in [0.2, 0.25) is 0 Å². The van der Waals surface area contributed by atoms with E-state index in [1.165, 1.54) is 37.8 Å². The van der Waals surface area contributed by atoms with E-state index in [1.807, 2.05) is 12.1 Å². The van der Waals surface area contributed by atoms with E-state index < -0.39 is 0 Å². The molecule has 1 aliphatic carbocycles. The minimum absolute atomic E-state index is 0.737. The minimum Gasteiger partial charge on any atom is -0.495 e. The van der Waals surface area contributed by atoms with Gasteiger partial charge in [0.05, 0.1) is 12.8 Å². The fourth-order valence-electron chi connectivity index (χ4n) is 2.31. The van der Waals surface area contributed by atoms with Crippen LogP contribution in [-0.4, -0.2) is 24.6 Å². The summed E-state index contributed by atoms with van der Waals surface area (Å²) >= 11 is 0. The highest BCUT2D eigenvalue weighted by atomic mass is 16.5. The molecule has 3 heteroatoms. The zero-order chi connectivity index (χ0) is 13.0. The predicted molar refractivity (Wildman–Crippen MR) is 75.7 cm³/mol. The van der Waals surface area contributed by atoms with Crippen LogP contribution in [0.15, 0.2) is 18.2 Å². The van der Waals surface area contributed by atoms with E-state index in [9.17, 15) is 0 Å². The zero-order valence-corrected chi connectivity index (χ0v) is 11.5. The van der Waals surface area contributed by atoms with E-state index in [2.05, 4.69) is 17.9 Å². The number of benzene rings is 1. The first-order valence-electron chi connectivity index (χ1n) is 6.91. The van der Waals surface area contributed by atoms with E-state index in [4.69, 9.17) is 10.5 Å². The Morgan fingerprint density at radius 1 is 1.39 bits per heavy atom. The Bertz CT molecular complexity index is 388. The zero-order valence-electron chi connectivity index (χ0n) is 11.5. The molecule has 3 nitrogen and oxygen atoms in total. The Morgan fingerprint density at radius 2 is 2.17 bits per heavy atom. The lowest BCUT2D eigenvalue weighted by Gasteiger charge is -2.22. The summed E-state index contributed by atoms with van der Waals surface area (Å²) in [6.45, 7) is 4.46. The second-order valence-corrected chi connectivity index (χ2v) is 5.13. The molecule has 0 aliphatic heterocycles. The highest BCUT2D eigenvalue weighted by Crippen LogP contribution is 2.30. The maximum atomic E-state index is 5.96. The number of hydrogen-bond donors (Lipinski definition) is 1. The van der Waals surface area contributed by atoms with E-state index in [0.717, 1.165) is 24.0 Å². The van der Waals surface area contributed by atoms with Crippen molar-refractivity contribution in [2.45, 2.75) is 45.2 Å². The quantitative estimate of drug-likeness (QED) is 0.754. The van der Waals surface area contributed by atoms with Crippen LogP contribution in [-0.2, 0) is 6.54 Å². The first-order chi connectivity index (χ1) is 8.74. The topological polar surface area (TPSA) is 38.5 Å². The second-order valence-electron chi connectivity index (χ2n) is 5.13. The van der Waals surface area contributed by atoms with Crippen molar-refractivity contribution in [2.75, 3.05) is 19.4 Å². The van der Waals surface area contributed by atoms with Crippen LogP contribution >= 0.6 is 0 Å². The van der Waals surface area contributed by atoms with Crippen molar-refractivity contribution in [1.29, 1.82) is 0 Å². The van der Waals surface area contributed by atoms with Crippen molar-refractivity contribution >= 4 is 5.69 Å². The lowest BCUT2D eigenvalue weighted by atomic mass is 10.1. The van der Waals surface area contributed by atoms with Gasteiger partial charge in [-0.15, -0.1) is 0 Å². The van der Waals surface area contributed by atoms with Gasteiger partial charge >= 0.3 is 0 Å². The SMILES string of the molecule is CCCCN(Cc1ccc(OC)c(N)c1)C1CC1. The van der Waals surface area contributed by atoms with Gasteiger partial charge in [-0.1, -0.05) is 19.4 Å². The fourth-order valence-corrected chi connectivity index (χ4v) is 2.31. The normalized spacial score (nSPS) is 15.1. The number of unbranched alkanes of at least 4 members (excludes halogenated alkanes) is 1. The molecule has 100 valence electrons. The van der Waals surface area contributed by atoms with Crippen LogP contribution in [0, 0.1) is 0 Å². The molecule has 0 radical (unpaired) electrons. The van der Waals surface area contributed by atoms with Gasteiger partial charge in [0.2, 0.25) is 0 Å². The molecule has 1 aromatic rings. The molecule has 1 aromatic carbocycles. The molecule has 18 heavy (non-hydrogen) atoms. The summed E-state index contributed by atoms with van der Waals surface area (Å²) in [5.74, 6) is 0.769. The van der Waals surface area contributed by atoms with E-state index in [-0.39, 0.29) is 0 Å². The number of nitrogen functional groups attached to an aromatic ring is 1. The molecule has 0 aromatic heterocycles. The molecule has 1 aliphatic rings. The van der Waals surface area contributed by atoms with Crippen LogP contribution in [0.25, 0.3) is 0 Å². The molecular weight excluding hydrogens is 224 g/mol. The lowest BCUT2D eigenvalue weighted by Crippen LogP contribution is -2.26. The fraction of sp³-hybridized carbons (Fsp3) is 0.600. The molecule has 2 N–H and O–H groups in total. The van der Waals surface area contributed by atoms with Crippen LogP contribution < -0.4 is 10.5 Å². The predicted octanol–water partition coefficient (Wildman–Crippen LogP) is 3.04. The number of methoxy groups -OCH3 is 1. The largest absolute Gasteiger partial charge is 0.495 e. The average Bonchev–Trinajstić information content (AvgIpc) is 3.19. The first-order valence-corrected chi connectivity index (χ1v) is 6.91. The number of anilines is 1. The molecule has 0 bridgehead atoms. The third kappa shape index (κ3) is 3.39. The Balaban J connectivity index is 1.99. The van der Waals surface area contributed by atoms with Crippen LogP contribution in [0.4, 0.5) is 5.69 Å². The average molecular weight is 248 g/mol. The molecule has 0 unspecified atom stereocenters. The van der Waals surface area contributed by atoms with Gasteiger partial charge in [-0.2, -0.15) is 0 Å². The van der Waals surface area contributed by atoms with Gasteiger partial charge in [0, 0.05) is 12.6 Å². The summed E-state index contributed by atoms with van der Waals surface area (Å²) in [5.41, 5.74) is 7.98. The number of nitrogens with zero attached hydrogens (tertiary/aromatic N) is 1. The van der Waals surface area contributed by atoms with Crippen molar-refractivity contribution in [3.8, 4) is 5.75 Å². The molecule has 0 heterocycles. The summed E-state index contributed by atoms with van der Waals surface area (Å²) in [7, 11) is 1.66. The molecular formula is C15H24N2O. The molecule has 0 amide bonds. The third-order valence-corrected chi connectivity index (χ3v) is 3.54. The Labute approximate surface area is 110 Å². The summed E-state index contributed by atoms with van der Waals surface area (Å²) in [5, 5.41) is 0. The molecule has 1 fully saturated rings. The summed E-state index contributed by atoms with van der Waals surface area (Å²) in [6.07, 6.45) is 5.25. The maximum Gasteiger partial charge on any atom is 0.141 e.